The van der Waals surface area contributed by atoms with Crippen LogP contribution in [0.3, 0.4) is 0 Å². The zero-order valence-corrected chi connectivity index (χ0v) is 4.90. The lowest BCUT2D eigenvalue weighted by atomic mass is 10.7. The molecule has 1 atom stereocenters. The van der Waals surface area contributed by atoms with Crippen LogP contribution < -0.4 is 10.3 Å². The lowest BCUT2D eigenvalue weighted by Crippen LogP contribution is -2.35. The van der Waals surface area contributed by atoms with Gasteiger partial charge in [-0.2, -0.15) is 4.83 Å². The predicted molar refractivity (Wildman–Crippen MR) is 27.1 cm³/mol. The van der Waals surface area contributed by atoms with Crippen LogP contribution in [0.4, 0.5) is 0 Å². The molecule has 5 nitrogen and oxygen atoms in total. The molecule has 0 aromatic heterocycles. The maximum atomic E-state index is 9.62. The first-order chi connectivity index (χ1) is 3.77. The van der Waals surface area contributed by atoms with Crippen molar-refractivity contribution < 1.29 is 13.9 Å². The monoisotopic (exact) mass is 139 g/mol. The molecule has 0 heterocycles. The summed E-state index contributed by atoms with van der Waals surface area (Å²) in [6, 6.07) is 0. The van der Waals surface area contributed by atoms with E-state index in [2.05, 4.69) is 5.43 Å². The van der Waals surface area contributed by atoms with Crippen LogP contribution in [0.25, 0.3) is 0 Å². The van der Waals surface area contributed by atoms with Crippen molar-refractivity contribution >= 4 is 11.3 Å². The summed E-state index contributed by atoms with van der Waals surface area (Å²) in [6.07, 6.45) is 0. The maximum Gasteiger partial charge on any atom is 0.0570 e. The summed E-state index contributed by atoms with van der Waals surface area (Å²) in [6.45, 7) is 0.123. The second-order valence-electron chi connectivity index (χ2n) is 0.987. The number of aliphatic hydroxyl groups is 1. The van der Waals surface area contributed by atoms with Crippen molar-refractivity contribution in [2.45, 2.75) is 0 Å². The molecule has 0 aromatic rings. The van der Waals surface area contributed by atoms with Crippen LogP contribution in [0.2, 0.25) is 0 Å². The first kappa shape index (κ1) is 7.99. The van der Waals surface area contributed by atoms with Gasteiger partial charge in [-0.1, -0.05) is 0 Å². The number of nitrogens with one attached hydrogen (secondary N) is 2. The van der Waals surface area contributed by atoms with Gasteiger partial charge < -0.3 is 9.66 Å². The van der Waals surface area contributed by atoms with Crippen molar-refractivity contribution in [2.24, 2.45) is 0 Å². The molecule has 0 spiro atoms. The summed E-state index contributed by atoms with van der Waals surface area (Å²) in [4.78, 5) is 1.85. The number of rotatable bonds is 4. The van der Waals surface area contributed by atoms with Gasteiger partial charge in [0.25, 0.3) is 0 Å². The van der Waals surface area contributed by atoms with Crippen LogP contribution in [0.15, 0.2) is 0 Å². The highest BCUT2D eigenvalue weighted by atomic mass is 32.2. The van der Waals surface area contributed by atoms with E-state index >= 15 is 0 Å². The molecule has 0 saturated carbocycles. The molecule has 0 amide bonds. The van der Waals surface area contributed by atoms with E-state index in [1.54, 1.807) is 0 Å². The van der Waals surface area contributed by atoms with E-state index in [1.165, 1.54) is 0 Å². The highest BCUT2D eigenvalue weighted by molar-refractivity contribution is 7.76. The third kappa shape index (κ3) is 5.99. The Bertz CT molecular complexity index is 77.7. The van der Waals surface area contributed by atoms with E-state index in [1.807, 2.05) is 4.83 Å². The molecular formula is C2H7N2O3S-. The maximum absolute atomic E-state index is 9.62. The number of hydrazine groups is 1. The topological polar surface area (TPSA) is 84.4 Å². The molecule has 0 aliphatic carbocycles. The number of hydrogen-bond donors (Lipinski definition) is 3. The third-order valence-electron chi connectivity index (χ3n) is 0.392. The largest absolute Gasteiger partial charge is 0.759 e. The molecule has 0 bridgehead atoms. The van der Waals surface area contributed by atoms with Crippen LogP contribution in [0, 0.1) is 0 Å². The Kier molecular flexibility index (Phi) is 5.13. The molecule has 0 aromatic carbocycles. The van der Waals surface area contributed by atoms with Gasteiger partial charge >= 0.3 is 0 Å². The lowest BCUT2D eigenvalue weighted by Gasteiger charge is -2.05. The Morgan fingerprint density at radius 2 is 2.38 bits per heavy atom. The van der Waals surface area contributed by atoms with Crippen LogP contribution in [0.5, 0.6) is 0 Å². The molecule has 50 valence electrons. The van der Waals surface area contributed by atoms with E-state index in [4.69, 9.17) is 5.11 Å². The average Bonchev–Trinajstić information content (AvgIpc) is 1.66. The zero-order valence-electron chi connectivity index (χ0n) is 4.09. The zero-order chi connectivity index (χ0) is 6.41. The number of aliphatic hydroxyl groups excluding tert-OH is 1. The summed E-state index contributed by atoms with van der Waals surface area (Å²) in [5.74, 6) is 0. The fourth-order valence-corrected chi connectivity index (χ4v) is 0.386. The van der Waals surface area contributed by atoms with E-state index in [9.17, 15) is 8.76 Å². The quantitative estimate of drug-likeness (QED) is 0.236. The molecule has 0 fully saturated rings. The van der Waals surface area contributed by atoms with Crippen molar-refractivity contribution in [1.29, 1.82) is 0 Å². The highest BCUT2D eigenvalue weighted by Crippen LogP contribution is 1.54. The minimum atomic E-state index is -2.29. The molecule has 8 heavy (non-hydrogen) atoms. The first-order valence-electron chi connectivity index (χ1n) is 1.96. The second-order valence-corrected chi connectivity index (χ2v) is 1.66. The molecule has 0 radical (unpaired) electrons. The van der Waals surface area contributed by atoms with Crippen molar-refractivity contribution in [3.8, 4) is 0 Å². The molecule has 1 unspecified atom stereocenters. The normalized spacial score (nSPS) is 13.8. The van der Waals surface area contributed by atoms with Crippen molar-refractivity contribution in [3.05, 3.63) is 0 Å². The van der Waals surface area contributed by atoms with E-state index < -0.39 is 11.3 Å². The van der Waals surface area contributed by atoms with Gasteiger partial charge in [0.1, 0.15) is 0 Å². The summed E-state index contributed by atoms with van der Waals surface area (Å²) in [5, 5.41) is 8.08. The average molecular weight is 139 g/mol. The molecule has 0 rings (SSSR count). The standard InChI is InChI=1S/C2H8N2O3S/c5-2-1-3-4-8(6)7/h3-5H,1-2H2,(H,6,7)/p-1. The molecule has 3 N–H and O–H groups in total. The second kappa shape index (κ2) is 5.13. The Morgan fingerprint density at radius 1 is 1.75 bits per heavy atom. The fraction of sp³-hybridized carbons (Fsp3) is 1.00. The predicted octanol–water partition coefficient (Wildman–Crippen LogP) is -2.13. The minimum absolute atomic E-state index is 0.0931. The van der Waals surface area contributed by atoms with Gasteiger partial charge in [0.05, 0.1) is 6.61 Å². The summed E-state index contributed by atoms with van der Waals surface area (Å²) in [7, 11) is 0. The fourth-order valence-electron chi connectivity index (χ4n) is 0.166. The Morgan fingerprint density at radius 3 is 2.75 bits per heavy atom. The molecule has 0 aliphatic rings. The lowest BCUT2D eigenvalue weighted by molar-refractivity contribution is 0.289. The Hall–Kier alpha value is -0.0100. The van der Waals surface area contributed by atoms with Gasteiger partial charge in [-0.25, -0.2) is 5.43 Å². The Balaban J connectivity index is 2.82. The molecule has 0 aliphatic heterocycles. The molecular weight excluding hydrogens is 132 g/mol. The van der Waals surface area contributed by atoms with Crippen LogP contribution >= 0.6 is 0 Å². The van der Waals surface area contributed by atoms with Gasteiger partial charge in [0.2, 0.25) is 0 Å². The van der Waals surface area contributed by atoms with Crippen LogP contribution in [-0.4, -0.2) is 27.0 Å². The molecule has 0 saturated heterocycles. The van der Waals surface area contributed by atoms with Gasteiger partial charge in [0, 0.05) is 17.8 Å². The van der Waals surface area contributed by atoms with Gasteiger partial charge in [-0.05, 0) is 0 Å². The third-order valence-corrected chi connectivity index (χ3v) is 0.703. The van der Waals surface area contributed by atoms with E-state index in [0.717, 1.165) is 0 Å². The minimum Gasteiger partial charge on any atom is -0.759 e. The Labute approximate surface area is 49.5 Å². The van der Waals surface area contributed by atoms with Crippen molar-refractivity contribution in [1.82, 2.24) is 10.3 Å². The van der Waals surface area contributed by atoms with Gasteiger partial charge in [-0.3, -0.25) is 4.21 Å². The summed E-state index contributed by atoms with van der Waals surface area (Å²) < 4.78 is 19.2. The smallest absolute Gasteiger partial charge is 0.0570 e. The summed E-state index contributed by atoms with van der Waals surface area (Å²) >= 11 is -2.29. The first-order valence-corrected chi connectivity index (χ1v) is 3.03. The van der Waals surface area contributed by atoms with Crippen molar-refractivity contribution in [2.75, 3.05) is 13.2 Å². The van der Waals surface area contributed by atoms with Gasteiger partial charge in [0.15, 0.2) is 0 Å². The van der Waals surface area contributed by atoms with Gasteiger partial charge in [-0.15, -0.1) is 0 Å². The summed E-state index contributed by atoms with van der Waals surface area (Å²) in [5.41, 5.74) is 2.22. The number of hydrogen-bond acceptors (Lipinski definition) is 4. The molecule has 6 heteroatoms. The van der Waals surface area contributed by atoms with Crippen LogP contribution in [-0.2, 0) is 11.3 Å². The van der Waals surface area contributed by atoms with Crippen molar-refractivity contribution in [3.63, 3.8) is 0 Å². The van der Waals surface area contributed by atoms with E-state index in [-0.39, 0.29) is 13.2 Å². The highest BCUT2D eigenvalue weighted by Gasteiger charge is 1.78. The van der Waals surface area contributed by atoms with Crippen LogP contribution in [0.1, 0.15) is 0 Å². The van der Waals surface area contributed by atoms with E-state index in [0.29, 0.717) is 0 Å². The SMILES string of the molecule is O=S([O-])NNCCO.